The topological polar surface area (TPSA) is 82.1 Å². The molecule has 2 rings (SSSR count). The van der Waals surface area contributed by atoms with Crippen molar-refractivity contribution >= 4 is 5.96 Å². The van der Waals surface area contributed by atoms with E-state index >= 15 is 0 Å². The first-order valence-electron chi connectivity index (χ1n) is 4.74. The first kappa shape index (κ1) is 9.64. The van der Waals surface area contributed by atoms with Crippen LogP contribution in [-0.4, -0.2) is 27.7 Å². The fourth-order valence-electron chi connectivity index (χ4n) is 1.80. The Morgan fingerprint density at radius 1 is 1.40 bits per heavy atom. The van der Waals surface area contributed by atoms with E-state index in [0.29, 0.717) is 6.54 Å². The average Bonchev–Trinajstić information content (AvgIpc) is 2.27. The zero-order valence-corrected chi connectivity index (χ0v) is 8.22. The zero-order valence-electron chi connectivity index (χ0n) is 8.22. The Morgan fingerprint density at radius 3 is 2.93 bits per heavy atom. The van der Waals surface area contributed by atoms with E-state index in [-0.39, 0.29) is 11.7 Å². The summed E-state index contributed by atoms with van der Waals surface area (Å²) in [6, 6.07) is 5.30. The van der Waals surface area contributed by atoms with Crippen molar-refractivity contribution in [1.82, 2.24) is 4.90 Å². The lowest BCUT2D eigenvalue weighted by atomic mass is 10.00. The van der Waals surface area contributed by atoms with Gasteiger partial charge in [0.15, 0.2) is 0 Å². The Hall–Kier alpha value is -1.91. The summed E-state index contributed by atoms with van der Waals surface area (Å²) < 4.78 is 0. The summed E-state index contributed by atoms with van der Waals surface area (Å²) in [7, 11) is 0. The van der Waals surface area contributed by atoms with E-state index in [4.69, 9.17) is 10.9 Å². The molecule has 0 saturated carbocycles. The van der Waals surface area contributed by atoms with Crippen molar-refractivity contribution in [3.8, 4) is 5.75 Å². The molecule has 80 valence electrons. The van der Waals surface area contributed by atoms with Gasteiger partial charge in [0.1, 0.15) is 5.75 Å². The van der Waals surface area contributed by atoms with Gasteiger partial charge in [0, 0.05) is 13.1 Å². The molecule has 0 amide bonds. The maximum Gasteiger partial charge on any atom is 0.233 e. The lowest BCUT2D eigenvalue weighted by molar-refractivity contribution is 0.292. The number of fused-ring (bicyclic) bond motifs is 1. The Kier molecular flexibility index (Phi) is 2.37. The molecule has 5 nitrogen and oxygen atoms in total. The normalized spacial score (nSPS) is 16.3. The minimum atomic E-state index is 0.115. The number of nitrogens with two attached hydrogens (primary N) is 1. The number of rotatable bonds is 0. The van der Waals surface area contributed by atoms with Gasteiger partial charge in [-0.2, -0.15) is 0 Å². The minimum Gasteiger partial charge on any atom is -0.508 e. The highest BCUT2D eigenvalue weighted by molar-refractivity contribution is 5.77. The molecule has 0 radical (unpaired) electrons. The molecular formula is C10H13N3O2. The quantitative estimate of drug-likeness (QED) is 0.250. The van der Waals surface area contributed by atoms with E-state index in [1.165, 1.54) is 5.56 Å². The Labute approximate surface area is 87.4 Å². The first-order valence-corrected chi connectivity index (χ1v) is 4.74. The Morgan fingerprint density at radius 2 is 2.20 bits per heavy atom. The number of guanidine groups is 1. The molecule has 0 saturated heterocycles. The maximum atomic E-state index is 9.34. The molecule has 15 heavy (non-hydrogen) atoms. The van der Waals surface area contributed by atoms with E-state index in [0.717, 1.165) is 18.5 Å². The fourth-order valence-corrected chi connectivity index (χ4v) is 1.80. The molecule has 1 aliphatic rings. The molecule has 4 N–H and O–H groups in total. The lowest BCUT2D eigenvalue weighted by Gasteiger charge is -2.28. The van der Waals surface area contributed by atoms with Crippen molar-refractivity contribution in [3.63, 3.8) is 0 Å². The van der Waals surface area contributed by atoms with Crippen LogP contribution in [0.2, 0.25) is 0 Å². The van der Waals surface area contributed by atoms with Crippen molar-refractivity contribution in [2.45, 2.75) is 13.0 Å². The molecule has 0 fully saturated rings. The summed E-state index contributed by atoms with van der Waals surface area (Å²) in [6.07, 6.45) is 0.839. The highest BCUT2D eigenvalue weighted by Crippen LogP contribution is 2.22. The first-order chi connectivity index (χ1) is 7.20. The van der Waals surface area contributed by atoms with Crippen LogP contribution in [0.5, 0.6) is 5.75 Å². The van der Waals surface area contributed by atoms with Crippen molar-refractivity contribution in [1.29, 1.82) is 0 Å². The van der Waals surface area contributed by atoms with Crippen LogP contribution >= 0.6 is 0 Å². The van der Waals surface area contributed by atoms with Gasteiger partial charge >= 0.3 is 0 Å². The lowest BCUT2D eigenvalue weighted by Crippen LogP contribution is -2.40. The highest BCUT2D eigenvalue weighted by Gasteiger charge is 2.17. The van der Waals surface area contributed by atoms with Gasteiger partial charge in [-0.25, -0.2) is 0 Å². The summed E-state index contributed by atoms with van der Waals surface area (Å²) in [5.41, 5.74) is 7.73. The smallest absolute Gasteiger partial charge is 0.233 e. The summed E-state index contributed by atoms with van der Waals surface area (Å²) >= 11 is 0. The van der Waals surface area contributed by atoms with E-state index < -0.39 is 0 Å². The molecule has 0 atom stereocenters. The zero-order chi connectivity index (χ0) is 10.8. The second-order valence-corrected chi connectivity index (χ2v) is 3.58. The summed E-state index contributed by atoms with van der Waals surface area (Å²) in [5, 5.41) is 20.9. The molecule has 1 heterocycles. The van der Waals surface area contributed by atoms with Crippen LogP contribution < -0.4 is 5.73 Å². The summed E-state index contributed by atoms with van der Waals surface area (Å²) in [5.74, 6) is 0.360. The van der Waals surface area contributed by atoms with Crippen molar-refractivity contribution in [2.24, 2.45) is 10.9 Å². The van der Waals surface area contributed by atoms with Gasteiger partial charge in [0.05, 0.1) is 0 Å². The Balaban J connectivity index is 2.25. The average molecular weight is 207 g/mol. The number of phenols is 1. The molecule has 0 bridgehead atoms. The number of hydrogen-bond donors (Lipinski definition) is 3. The van der Waals surface area contributed by atoms with E-state index in [9.17, 15) is 5.11 Å². The third kappa shape index (κ3) is 1.81. The van der Waals surface area contributed by atoms with E-state index in [2.05, 4.69) is 5.16 Å². The molecule has 1 aliphatic heterocycles. The third-order valence-corrected chi connectivity index (χ3v) is 2.63. The predicted molar refractivity (Wildman–Crippen MR) is 55.6 cm³/mol. The molecule has 1 aromatic rings. The van der Waals surface area contributed by atoms with Crippen LogP contribution in [-0.2, 0) is 13.0 Å². The number of benzene rings is 1. The van der Waals surface area contributed by atoms with Crippen molar-refractivity contribution in [2.75, 3.05) is 6.54 Å². The van der Waals surface area contributed by atoms with Crippen LogP contribution in [0.1, 0.15) is 11.1 Å². The van der Waals surface area contributed by atoms with E-state index in [1.54, 1.807) is 17.0 Å². The van der Waals surface area contributed by atoms with E-state index in [1.807, 2.05) is 6.07 Å². The van der Waals surface area contributed by atoms with Gasteiger partial charge in [0.25, 0.3) is 0 Å². The van der Waals surface area contributed by atoms with Crippen molar-refractivity contribution in [3.05, 3.63) is 29.3 Å². The number of phenolic OH excluding ortho intramolecular Hbond substituents is 1. The number of aromatic hydroxyl groups is 1. The van der Waals surface area contributed by atoms with Crippen LogP contribution in [0.4, 0.5) is 0 Å². The summed E-state index contributed by atoms with van der Waals surface area (Å²) in [6.45, 7) is 1.30. The SMILES string of the molecule is N/C(=N\O)N1CCc2ccc(O)cc2C1. The number of hydrogen-bond acceptors (Lipinski definition) is 3. The summed E-state index contributed by atoms with van der Waals surface area (Å²) in [4.78, 5) is 1.77. The second kappa shape index (κ2) is 3.68. The molecule has 5 heteroatoms. The molecule has 0 spiro atoms. The van der Waals surface area contributed by atoms with Crippen LogP contribution in [0, 0.1) is 0 Å². The Bertz CT molecular complexity index is 404. The molecule has 0 unspecified atom stereocenters. The third-order valence-electron chi connectivity index (χ3n) is 2.63. The second-order valence-electron chi connectivity index (χ2n) is 3.58. The number of nitrogens with zero attached hydrogens (tertiary/aromatic N) is 2. The molecule has 0 aliphatic carbocycles. The predicted octanol–water partition coefficient (Wildman–Crippen LogP) is 0.454. The largest absolute Gasteiger partial charge is 0.508 e. The molecule has 0 aromatic heterocycles. The minimum absolute atomic E-state index is 0.115. The highest BCUT2D eigenvalue weighted by atomic mass is 16.4. The van der Waals surface area contributed by atoms with Crippen LogP contribution in [0.25, 0.3) is 0 Å². The standard InChI is InChI=1S/C10H13N3O2/c11-10(12-15)13-4-3-7-1-2-9(14)5-8(7)6-13/h1-2,5,14-15H,3-4,6H2,(H2,11,12). The maximum absolute atomic E-state index is 9.34. The van der Waals surface area contributed by atoms with Crippen molar-refractivity contribution < 1.29 is 10.3 Å². The van der Waals surface area contributed by atoms with Gasteiger partial charge < -0.3 is 20.9 Å². The van der Waals surface area contributed by atoms with Gasteiger partial charge in [-0.05, 0) is 29.7 Å². The van der Waals surface area contributed by atoms with Gasteiger partial charge in [0.2, 0.25) is 5.96 Å². The van der Waals surface area contributed by atoms with Gasteiger partial charge in [-0.15, -0.1) is 0 Å². The van der Waals surface area contributed by atoms with Crippen LogP contribution in [0.3, 0.4) is 0 Å². The van der Waals surface area contributed by atoms with Gasteiger partial charge in [-0.3, -0.25) is 0 Å². The monoisotopic (exact) mass is 207 g/mol. The molecule has 1 aromatic carbocycles. The number of oxime groups is 1. The molecular weight excluding hydrogens is 194 g/mol. The fraction of sp³-hybridized carbons (Fsp3) is 0.300. The van der Waals surface area contributed by atoms with Crippen LogP contribution in [0.15, 0.2) is 23.4 Å². The van der Waals surface area contributed by atoms with Gasteiger partial charge in [-0.1, -0.05) is 11.2 Å².